The van der Waals surface area contributed by atoms with Crippen molar-refractivity contribution in [2.45, 2.75) is 20.6 Å². The molecule has 2 aromatic rings. The average Bonchev–Trinajstić information content (AvgIpc) is 2.63. The lowest BCUT2D eigenvalue weighted by molar-refractivity contribution is 0.220. The molecule has 0 bridgehead atoms. The van der Waals surface area contributed by atoms with Gasteiger partial charge in [-0.05, 0) is 25.5 Å². The van der Waals surface area contributed by atoms with E-state index in [0.29, 0.717) is 12.5 Å². The Bertz CT molecular complexity index is 491. The molecule has 0 unspecified atom stereocenters. The van der Waals surface area contributed by atoms with Crippen LogP contribution in [0.15, 0.2) is 30.5 Å². The Kier molecular flexibility index (Phi) is 2.81. The minimum Gasteiger partial charge on any atom is -0.471 e. The Morgan fingerprint density at radius 3 is 2.75 bits per heavy atom. The SMILES string of the molecule is Cc1ccc(OCn2ccc(N)n2)c(C)c1. The molecule has 0 saturated heterocycles. The molecule has 1 aromatic heterocycles. The molecule has 0 atom stereocenters. The lowest BCUT2D eigenvalue weighted by atomic mass is 10.1. The van der Waals surface area contributed by atoms with Crippen LogP contribution in [-0.2, 0) is 6.73 Å². The second-order valence-corrected chi connectivity index (χ2v) is 3.82. The fourth-order valence-electron chi connectivity index (χ4n) is 1.55. The number of hydrogen-bond donors (Lipinski definition) is 1. The summed E-state index contributed by atoms with van der Waals surface area (Å²) in [6, 6.07) is 7.83. The van der Waals surface area contributed by atoms with Crippen molar-refractivity contribution in [2.24, 2.45) is 0 Å². The van der Waals surface area contributed by atoms with Crippen LogP contribution in [0.4, 0.5) is 5.82 Å². The first kappa shape index (κ1) is 10.5. The van der Waals surface area contributed by atoms with Crippen LogP contribution in [0.5, 0.6) is 5.75 Å². The van der Waals surface area contributed by atoms with Crippen molar-refractivity contribution >= 4 is 5.82 Å². The van der Waals surface area contributed by atoms with Gasteiger partial charge in [0.05, 0.1) is 0 Å². The van der Waals surface area contributed by atoms with Gasteiger partial charge in [-0.2, -0.15) is 5.10 Å². The predicted molar refractivity (Wildman–Crippen MR) is 63.2 cm³/mol. The first-order valence-electron chi connectivity index (χ1n) is 5.14. The van der Waals surface area contributed by atoms with Gasteiger partial charge in [0.15, 0.2) is 6.73 Å². The first-order valence-corrected chi connectivity index (χ1v) is 5.14. The van der Waals surface area contributed by atoms with Crippen molar-refractivity contribution in [2.75, 3.05) is 5.73 Å². The molecule has 2 rings (SSSR count). The zero-order valence-corrected chi connectivity index (χ0v) is 9.47. The number of aryl methyl sites for hydroxylation is 2. The Hall–Kier alpha value is -1.97. The fraction of sp³-hybridized carbons (Fsp3) is 0.250. The third-order valence-electron chi connectivity index (χ3n) is 2.34. The van der Waals surface area contributed by atoms with Gasteiger partial charge in [-0.3, -0.25) is 0 Å². The minimum atomic E-state index is 0.376. The van der Waals surface area contributed by atoms with Crippen molar-refractivity contribution in [3.05, 3.63) is 41.6 Å². The summed E-state index contributed by atoms with van der Waals surface area (Å²) in [4.78, 5) is 0. The Labute approximate surface area is 94.6 Å². The molecule has 2 N–H and O–H groups in total. The largest absolute Gasteiger partial charge is 0.471 e. The maximum absolute atomic E-state index is 5.64. The number of nitrogen functional groups attached to an aromatic ring is 1. The molecular weight excluding hydrogens is 202 g/mol. The number of aromatic nitrogens is 2. The van der Waals surface area contributed by atoms with Crippen molar-refractivity contribution in [1.82, 2.24) is 9.78 Å². The molecule has 0 aliphatic heterocycles. The van der Waals surface area contributed by atoms with E-state index in [2.05, 4.69) is 18.1 Å². The van der Waals surface area contributed by atoms with Crippen LogP contribution < -0.4 is 10.5 Å². The van der Waals surface area contributed by atoms with Crippen molar-refractivity contribution < 1.29 is 4.74 Å². The van der Waals surface area contributed by atoms with Gasteiger partial charge >= 0.3 is 0 Å². The minimum absolute atomic E-state index is 0.376. The van der Waals surface area contributed by atoms with Gasteiger partial charge in [-0.1, -0.05) is 17.7 Å². The third-order valence-corrected chi connectivity index (χ3v) is 2.34. The highest BCUT2D eigenvalue weighted by atomic mass is 16.5. The third kappa shape index (κ3) is 2.34. The van der Waals surface area contributed by atoms with Crippen LogP contribution in [0.25, 0.3) is 0 Å². The maximum Gasteiger partial charge on any atom is 0.180 e. The van der Waals surface area contributed by atoms with Gasteiger partial charge in [0, 0.05) is 12.3 Å². The van der Waals surface area contributed by atoms with Crippen LogP contribution >= 0.6 is 0 Å². The van der Waals surface area contributed by atoms with Gasteiger partial charge in [0.2, 0.25) is 0 Å². The zero-order valence-electron chi connectivity index (χ0n) is 9.47. The molecule has 0 saturated carbocycles. The summed E-state index contributed by atoms with van der Waals surface area (Å²) in [5.74, 6) is 1.38. The lowest BCUT2D eigenvalue weighted by Crippen LogP contribution is -2.06. The molecule has 0 spiro atoms. The summed E-state index contributed by atoms with van der Waals surface area (Å²) < 4.78 is 7.30. The molecule has 0 fully saturated rings. The summed E-state index contributed by atoms with van der Waals surface area (Å²) >= 11 is 0. The van der Waals surface area contributed by atoms with E-state index in [1.807, 2.05) is 19.1 Å². The molecule has 16 heavy (non-hydrogen) atoms. The summed E-state index contributed by atoms with van der Waals surface area (Å²) in [5.41, 5.74) is 7.86. The summed E-state index contributed by atoms with van der Waals surface area (Å²) in [5, 5.41) is 4.04. The molecule has 0 aliphatic carbocycles. The van der Waals surface area contributed by atoms with Gasteiger partial charge < -0.3 is 10.5 Å². The molecule has 0 amide bonds. The van der Waals surface area contributed by atoms with E-state index >= 15 is 0 Å². The van der Waals surface area contributed by atoms with Crippen molar-refractivity contribution in [3.63, 3.8) is 0 Å². The quantitative estimate of drug-likeness (QED) is 0.856. The van der Waals surface area contributed by atoms with E-state index in [4.69, 9.17) is 10.5 Å². The average molecular weight is 217 g/mol. The second kappa shape index (κ2) is 4.26. The van der Waals surface area contributed by atoms with Crippen LogP contribution in [0, 0.1) is 13.8 Å². The van der Waals surface area contributed by atoms with Crippen molar-refractivity contribution in [3.8, 4) is 5.75 Å². The highest BCUT2D eigenvalue weighted by Crippen LogP contribution is 2.18. The molecular formula is C12H15N3O. The van der Waals surface area contributed by atoms with Crippen molar-refractivity contribution in [1.29, 1.82) is 0 Å². The number of ether oxygens (including phenoxy) is 1. The normalized spacial score (nSPS) is 10.4. The van der Waals surface area contributed by atoms with Crippen LogP contribution in [0.1, 0.15) is 11.1 Å². The van der Waals surface area contributed by atoms with Crippen LogP contribution in [0.3, 0.4) is 0 Å². The van der Waals surface area contributed by atoms with Gasteiger partial charge in [-0.25, -0.2) is 4.68 Å². The monoisotopic (exact) mass is 217 g/mol. The van der Waals surface area contributed by atoms with Gasteiger partial charge in [0.1, 0.15) is 11.6 Å². The molecule has 4 nitrogen and oxygen atoms in total. The highest BCUT2D eigenvalue weighted by molar-refractivity contribution is 5.35. The molecule has 0 radical (unpaired) electrons. The molecule has 1 aromatic carbocycles. The van der Waals surface area contributed by atoms with E-state index in [1.165, 1.54) is 5.56 Å². The first-order chi connectivity index (χ1) is 7.65. The number of rotatable bonds is 3. The van der Waals surface area contributed by atoms with Crippen LogP contribution in [0.2, 0.25) is 0 Å². The summed E-state index contributed by atoms with van der Waals surface area (Å²) in [6.07, 6.45) is 1.79. The van der Waals surface area contributed by atoms with Gasteiger partial charge in [0.25, 0.3) is 0 Å². The molecule has 4 heteroatoms. The zero-order chi connectivity index (χ0) is 11.5. The lowest BCUT2D eigenvalue weighted by Gasteiger charge is -2.09. The highest BCUT2D eigenvalue weighted by Gasteiger charge is 2.00. The number of benzene rings is 1. The smallest absolute Gasteiger partial charge is 0.180 e. The Morgan fingerprint density at radius 2 is 2.12 bits per heavy atom. The number of anilines is 1. The fourth-order valence-corrected chi connectivity index (χ4v) is 1.55. The maximum atomic E-state index is 5.64. The topological polar surface area (TPSA) is 53.1 Å². The van der Waals surface area contributed by atoms with Crippen LogP contribution in [-0.4, -0.2) is 9.78 Å². The molecule has 1 heterocycles. The summed E-state index contributed by atoms with van der Waals surface area (Å²) in [6.45, 7) is 4.46. The predicted octanol–water partition coefficient (Wildman–Crippen LogP) is 2.12. The van der Waals surface area contributed by atoms with E-state index in [-0.39, 0.29) is 0 Å². The van der Waals surface area contributed by atoms with E-state index in [1.54, 1.807) is 16.9 Å². The van der Waals surface area contributed by atoms with E-state index in [0.717, 1.165) is 11.3 Å². The standard InChI is InChI=1S/C12H15N3O/c1-9-3-4-11(10(2)7-9)16-8-15-6-5-12(13)14-15/h3-7H,8H2,1-2H3,(H2,13,14). The molecule has 0 aliphatic rings. The summed E-state index contributed by atoms with van der Waals surface area (Å²) in [7, 11) is 0. The second-order valence-electron chi connectivity index (χ2n) is 3.82. The number of nitrogens with two attached hydrogens (primary N) is 1. The van der Waals surface area contributed by atoms with E-state index < -0.39 is 0 Å². The number of hydrogen-bond acceptors (Lipinski definition) is 3. The number of nitrogens with zero attached hydrogens (tertiary/aromatic N) is 2. The van der Waals surface area contributed by atoms with E-state index in [9.17, 15) is 0 Å². The Balaban J connectivity index is 2.04. The van der Waals surface area contributed by atoms with Gasteiger partial charge in [-0.15, -0.1) is 0 Å². The Morgan fingerprint density at radius 1 is 1.31 bits per heavy atom. The molecule has 84 valence electrons.